The average Bonchev–Trinajstić information content (AvgIpc) is 2.36. The van der Waals surface area contributed by atoms with Crippen LogP contribution in [0.1, 0.15) is 30.4 Å². The van der Waals surface area contributed by atoms with E-state index in [1.165, 1.54) is 11.1 Å². The Labute approximate surface area is 112 Å². The Morgan fingerprint density at radius 3 is 2.18 bits per heavy atom. The summed E-state index contributed by atoms with van der Waals surface area (Å²) in [5.41, 5.74) is 2.53. The van der Waals surface area contributed by atoms with Gasteiger partial charge < -0.3 is 0 Å². The van der Waals surface area contributed by atoms with E-state index in [2.05, 4.69) is 37.3 Å². The SMILES string of the molecule is CCC(c1ccccc1)c1ccc(Cl)c(Cl)c1. The Bertz CT molecular complexity index is 492. The fraction of sp³-hybridized carbons (Fsp3) is 0.200. The Morgan fingerprint density at radius 2 is 1.59 bits per heavy atom. The van der Waals surface area contributed by atoms with E-state index in [9.17, 15) is 0 Å². The summed E-state index contributed by atoms with van der Waals surface area (Å²) in [6.07, 6.45) is 1.04. The lowest BCUT2D eigenvalue weighted by molar-refractivity contribution is 0.777. The molecule has 17 heavy (non-hydrogen) atoms. The normalized spacial score (nSPS) is 12.4. The van der Waals surface area contributed by atoms with Crippen molar-refractivity contribution < 1.29 is 0 Å². The van der Waals surface area contributed by atoms with Gasteiger partial charge in [0.05, 0.1) is 10.0 Å². The average molecular weight is 265 g/mol. The van der Waals surface area contributed by atoms with E-state index in [4.69, 9.17) is 23.2 Å². The second-order valence-electron chi connectivity index (χ2n) is 4.05. The third-order valence-corrected chi connectivity index (χ3v) is 3.70. The van der Waals surface area contributed by atoms with Crippen molar-refractivity contribution in [1.82, 2.24) is 0 Å². The zero-order valence-corrected chi connectivity index (χ0v) is 11.2. The summed E-state index contributed by atoms with van der Waals surface area (Å²) in [6.45, 7) is 2.18. The van der Waals surface area contributed by atoms with Crippen LogP contribution in [0, 0.1) is 0 Å². The second-order valence-corrected chi connectivity index (χ2v) is 4.86. The maximum atomic E-state index is 6.07. The van der Waals surface area contributed by atoms with Crippen molar-refractivity contribution in [2.24, 2.45) is 0 Å². The molecule has 0 fully saturated rings. The molecule has 0 aliphatic rings. The van der Waals surface area contributed by atoms with Gasteiger partial charge in [0.15, 0.2) is 0 Å². The highest BCUT2D eigenvalue weighted by molar-refractivity contribution is 6.42. The molecule has 0 amide bonds. The van der Waals surface area contributed by atoms with Crippen LogP contribution in [-0.2, 0) is 0 Å². The summed E-state index contributed by atoms with van der Waals surface area (Å²) >= 11 is 12.0. The van der Waals surface area contributed by atoms with E-state index in [-0.39, 0.29) is 0 Å². The molecule has 0 N–H and O–H groups in total. The lowest BCUT2D eigenvalue weighted by Crippen LogP contribution is -1.99. The van der Waals surface area contributed by atoms with Crippen LogP contribution in [-0.4, -0.2) is 0 Å². The zero-order valence-electron chi connectivity index (χ0n) is 9.66. The van der Waals surface area contributed by atoms with Crippen molar-refractivity contribution in [2.45, 2.75) is 19.3 Å². The molecule has 0 saturated carbocycles. The molecular weight excluding hydrogens is 251 g/mol. The molecular formula is C15H14Cl2. The van der Waals surface area contributed by atoms with Gasteiger partial charge in [-0.05, 0) is 29.7 Å². The third kappa shape index (κ3) is 2.83. The lowest BCUT2D eigenvalue weighted by Gasteiger charge is -2.16. The van der Waals surface area contributed by atoms with Crippen molar-refractivity contribution in [3.63, 3.8) is 0 Å². The number of hydrogen-bond acceptors (Lipinski definition) is 0. The van der Waals surface area contributed by atoms with Gasteiger partial charge >= 0.3 is 0 Å². The molecule has 0 radical (unpaired) electrons. The van der Waals surface area contributed by atoms with Crippen LogP contribution in [0.3, 0.4) is 0 Å². The van der Waals surface area contributed by atoms with Crippen LogP contribution in [0.25, 0.3) is 0 Å². The Kier molecular flexibility index (Phi) is 4.09. The predicted octanol–water partition coefficient (Wildman–Crippen LogP) is 5.54. The van der Waals surface area contributed by atoms with Crippen LogP contribution >= 0.6 is 23.2 Å². The van der Waals surface area contributed by atoms with E-state index in [1.807, 2.05) is 18.2 Å². The minimum Gasteiger partial charge on any atom is -0.0827 e. The third-order valence-electron chi connectivity index (χ3n) is 2.96. The molecule has 2 rings (SSSR count). The molecule has 2 heteroatoms. The first kappa shape index (κ1) is 12.5. The topological polar surface area (TPSA) is 0 Å². The van der Waals surface area contributed by atoms with Gasteiger partial charge in [0.25, 0.3) is 0 Å². The fourth-order valence-electron chi connectivity index (χ4n) is 2.08. The van der Waals surface area contributed by atoms with E-state index < -0.39 is 0 Å². The molecule has 2 aromatic rings. The quantitative estimate of drug-likeness (QED) is 0.683. The van der Waals surface area contributed by atoms with Crippen molar-refractivity contribution in [3.05, 3.63) is 69.7 Å². The van der Waals surface area contributed by atoms with Gasteiger partial charge in [-0.1, -0.05) is 66.5 Å². The minimum absolute atomic E-state index is 0.381. The standard InChI is InChI=1S/C15H14Cl2/c1-2-13(11-6-4-3-5-7-11)12-8-9-14(16)15(17)10-12/h3-10,13H,2H2,1H3. The molecule has 88 valence electrons. The lowest BCUT2D eigenvalue weighted by atomic mass is 9.89. The maximum Gasteiger partial charge on any atom is 0.0595 e. The molecule has 0 saturated heterocycles. The number of rotatable bonds is 3. The Morgan fingerprint density at radius 1 is 0.882 bits per heavy atom. The first-order valence-corrected chi connectivity index (χ1v) is 6.48. The molecule has 1 atom stereocenters. The Hall–Kier alpha value is -0.980. The monoisotopic (exact) mass is 264 g/mol. The molecule has 2 aromatic carbocycles. The van der Waals surface area contributed by atoms with E-state index in [1.54, 1.807) is 0 Å². The summed E-state index contributed by atoms with van der Waals surface area (Å²) in [5.74, 6) is 0.381. The first-order valence-electron chi connectivity index (χ1n) is 5.72. The maximum absolute atomic E-state index is 6.07. The number of halogens is 2. The van der Waals surface area contributed by atoms with Gasteiger partial charge in [0.1, 0.15) is 0 Å². The zero-order chi connectivity index (χ0) is 12.3. The number of hydrogen-bond donors (Lipinski definition) is 0. The van der Waals surface area contributed by atoms with Gasteiger partial charge in [0, 0.05) is 5.92 Å². The molecule has 0 spiro atoms. The highest BCUT2D eigenvalue weighted by Gasteiger charge is 2.12. The van der Waals surface area contributed by atoms with Crippen molar-refractivity contribution in [2.75, 3.05) is 0 Å². The highest BCUT2D eigenvalue weighted by atomic mass is 35.5. The van der Waals surface area contributed by atoms with Gasteiger partial charge in [0.2, 0.25) is 0 Å². The Balaban J connectivity index is 2.39. The summed E-state index contributed by atoms with van der Waals surface area (Å²) in [7, 11) is 0. The molecule has 0 aromatic heterocycles. The van der Waals surface area contributed by atoms with Crippen molar-refractivity contribution in [1.29, 1.82) is 0 Å². The van der Waals surface area contributed by atoms with Gasteiger partial charge in [-0.15, -0.1) is 0 Å². The smallest absolute Gasteiger partial charge is 0.0595 e. The highest BCUT2D eigenvalue weighted by Crippen LogP contribution is 2.32. The summed E-state index contributed by atoms with van der Waals surface area (Å²) < 4.78 is 0. The van der Waals surface area contributed by atoms with Crippen LogP contribution in [0.5, 0.6) is 0 Å². The fourth-order valence-corrected chi connectivity index (χ4v) is 2.38. The first-order chi connectivity index (χ1) is 8.22. The largest absolute Gasteiger partial charge is 0.0827 e. The van der Waals surface area contributed by atoms with Gasteiger partial charge in [-0.25, -0.2) is 0 Å². The molecule has 0 aliphatic heterocycles. The summed E-state index contributed by atoms with van der Waals surface area (Å²) in [6, 6.07) is 16.3. The van der Waals surface area contributed by atoms with Crippen LogP contribution in [0.4, 0.5) is 0 Å². The number of benzene rings is 2. The molecule has 0 nitrogen and oxygen atoms in total. The predicted molar refractivity (Wildman–Crippen MR) is 75.0 cm³/mol. The minimum atomic E-state index is 0.381. The van der Waals surface area contributed by atoms with Crippen LogP contribution in [0.2, 0.25) is 10.0 Å². The van der Waals surface area contributed by atoms with Gasteiger partial charge in [-0.2, -0.15) is 0 Å². The second kappa shape index (κ2) is 5.57. The van der Waals surface area contributed by atoms with Crippen LogP contribution in [0.15, 0.2) is 48.5 Å². The van der Waals surface area contributed by atoms with Crippen molar-refractivity contribution >= 4 is 23.2 Å². The summed E-state index contributed by atoms with van der Waals surface area (Å²) in [4.78, 5) is 0. The van der Waals surface area contributed by atoms with Crippen LogP contribution < -0.4 is 0 Å². The summed E-state index contributed by atoms with van der Waals surface area (Å²) in [5, 5.41) is 1.23. The molecule has 0 heterocycles. The molecule has 1 unspecified atom stereocenters. The molecule has 0 aliphatic carbocycles. The van der Waals surface area contributed by atoms with E-state index in [0.717, 1.165) is 6.42 Å². The van der Waals surface area contributed by atoms with E-state index in [0.29, 0.717) is 16.0 Å². The molecule has 0 bridgehead atoms. The van der Waals surface area contributed by atoms with Gasteiger partial charge in [-0.3, -0.25) is 0 Å². The van der Waals surface area contributed by atoms with E-state index >= 15 is 0 Å². The van der Waals surface area contributed by atoms with Crippen molar-refractivity contribution in [3.8, 4) is 0 Å².